The normalized spacial score (nSPS) is 18.5. The highest BCUT2D eigenvalue weighted by atomic mass is 32.2. The lowest BCUT2D eigenvalue weighted by Gasteiger charge is -2.21. The molecule has 24 heavy (non-hydrogen) atoms. The van der Waals surface area contributed by atoms with Gasteiger partial charge in [0.1, 0.15) is 11.9 Å². The van der Waals surface area contributed by atoms with Gasteiger partial charge in [0.05, 0.1) is 4.90 Å². The van der Waals surface area contributed by atoms with Gasteiger partial charge in [-0.1, -0.05) is 6.07 Å². The monoisotopic (exact) mass is 351 g/mol. The lowest BCUT2D eigenvalue weighted by atomic mass is 10.1. The number of hydrogen-bond acceptors (Lipinski definition) is 5. The largest absolute Gasteiger partial charge is 0.370 e. The third-order valence-corrected chi connectivity index (χ3v) is 5.16. The fourth-order valence-electron chi connectivity index (χ4n) is 2.46. The Morgan fingerprint density at radius 1 is 1.25 bits per heavy atom. The third-order valence-electron chi connectivity index (χ3n) is 3.77. The van der Waals surface area contributed by atoms with Crippen molar-refractivity contribution < 1.29 is 17.5 Å². The van der Waals surface area contributed by atoms with Crippen LogP contribution in [-0.2, 0) is 21.3 Å². The molecule has 2 aromatic rings. The van der Waals surface area contributed by atoms with E-state index in [9.17, 15) is 12.8 Å². The number of sulfonamides is 1. The average molecular weight is 351 g/mol. The quantitative estimate of drug-likeness (QED) is 0.894. The first-order valence-electron chi connectivity index (χ1n) is 7.72. The molecule has 0 bridgehead atoms. The molecule has 1 fully saturated rings. The summed E-state index contributed by atoms with van der Waals surface area (Å²) in [6, 6.07) is 4.86. The average Bonchev–Trinajstić information content (AvgIpc) is 2.61. The van der Waals surface area contributed by atoms with Crippen LogP contribution in [-0.4, -0.2) is 25.0 Å². The Morgan fingerprint density at radius 3 is 2.71 bits per heavy atom. The van der Waals surface area contributed by atoms with Gasteiger partial charge in [0.2, 0.25) is 10.0 Å². The van der Waals surface area contributed by atoms with Crippen molar-refractivity contribution in [3.05, 3.63) is 53.9 Å². The summed E-state index contributed by atoms with van der Waals surface area (Å²) in [5.41, 5.74) is 0.620. The summed E-state index contributed by atoms with van der Waals surface area (Å²) in [6.07, 6.45) is 6.10. The topological polar surface area (TPSA) is 81.2 Å². The van der Waals surface area contributed by atoms with Crippen LogP contribution in [0.4, 0.5) is 4.39 Å². The van der Waals surface area contributed by atoms with Crippen LogP contribution in [0.1, 0.15) is 36.8 Å². The van der Waals surface area contributed by atoms with E-state index in [1.54, 1.807) is 12.4 Å². The highest BCUT2D eigenvalue weighted by molar-refractivity contribution is 7.89. The maximum absolute atomic E-state index is 13.2. The Balaban J connectivity index is 1.64. The third kappa shape index (κ3) is 4.14. The van der Waals surface area contributed by atoms with Gasteiger partial charge in [0.25, 0.3) is 0 Å². The van der Waals surface area contributed by atoms with E-state index in [-0.39, 0.29) is 17.5 Å². The molecule has 1 N–H and O–H groups in total. The Bertz CT molecular complexity index is 790. The van der Waals surface area contributed by atoms with Crippen LogP contribution in [0, 0.1) is 5.82 Å². The number of benzene rings is 1. The maximum Gasteiger partial charge on any atom is 0.240 e. The van der Waals surface area contributed by atoms with Crippen molar-refractivity contribution in [2.24, 2.45) is 0 Å². The number of halogens is 1. The Kier molecular flexibility index (Phi) is 5.17. The second-order valence-electron chi connectivity index (χ2n) is 5.59. The first-order valence-corrected chi connectivity index (χ1v) is 9.20. The standard InChI is InChI=1S/C16H18FN3O3S/c17-13-4-3-5-14(8-13)24(21,22)20-11-12-9-18-16(19-10-12)15-6-1-2-7-23-15/h3-5,8-10,15,20H,1-2,6-7,11H2. The number of ether oxygens (including phenoxy) is 1. The molecule has 128 valence electrons. The molecule has 1 aliphatic heterocycles. The Labute approximate surface area is 140 Å². The summed E-state index contributed by atoms with van der Waals surface area (Å²) >= 11 is 0. The number of nitrogens with one attached hydrogen (secondary N) is 1. The summed E-state index contributed by atoms with van der Waals surface area (Å²) < 4.78 is 45.5. The summed E-state index contributed by atoms with van der Waals surface area (Å²) in [7, 11) is -3.78. The highest BCUT2D eigenvalue weighted by Gasteiger charge is 2.19. The fraction of sp³-hybridized carbons (Fsp3) is 0.375. The molecule has 1 unspecified atom stereocenters. The molecule has 3 rings (SSSR count). The Morgan fingerprint density at radius 2 is 2.04 bits per heavy atom. The minimum Gasteiger partial charge on any atom is -0.370 e. The molecule has 0 amide bonds. The molecule has 8 heteroatoms. The van der Waals surface area contributed by atoms with Gasteiger partial charge in [-0.2, -0.15) is 0 Å². The van der Waals surface area contributed by atoms with Gasteiger partial charge in [-0.25, -0.2) is 27.5 Å². The van der Waals surface area contributed by atoms with Crippen LogP contribution < -0.4 is 4.72 Å². The number of hydrogen-bond donors (Lipinski definition) is 1. The van der Waals surface area contributed by atoms with Crippen molar-refractivity contribution in [3.8, 4) is 0 Å². The molecule has 0 saturated carbocycles. The van der Waals surface area contributed by atoms with Crippen molar-refractivity contribution in [1.82, 2.24) is 14.7 Å². The van der Waals surface area contributed by atoms with E-state index in [0.29, 0.717) is 18.0 Å². The van der Waals surface area contributed by atoms with Crippen LogP contribution in [0.3, 0.4) is 0 Å². The summed E-state index contributed by atoms with van der Waals surface area (Å²) in [6.45, 7) is 0.744. The first kappa shape index (κ1) is 16.9. The van der Waals surface area contributed by atoms with Crippen molar-refractivity contribution in [1.29, 1.82) is 0 Å². The van der Waals surface area contributed by atoms with Crippen LogP contribution in [0.2, 0.25) is 0 Å². The van der Waals surface area contributed by atoms with Crippen LogP contribution in [0.5, 0.6) is 0 Å². The van der Waals surface area contributed by atoms with Gasteiger partial charge in [0, 0.05) is 31.1 Å². The molecule has 0 spiro atoms. The molecule has 1 aliphatic rings. The lowest BCUT2D eigenvalue weighted by Crippen LogP contribution is -2.23. The zero-order valence-electron chi connectivity index (χ0n) is 13.0. The summed E-state index contributed by atoms with van der Waals surface area (Å²) in [4.78, 5) is 8.40. The van der Waals surface area contributed by atoms with Crippen molar-refractivity contribution in [2.75, 3.05) is 6.61 Å². The zero-order valence-corrected chi connectivity index (χ0v) is 13.8. The summed E-state index contributed by atoms with van der Waals surface area (Å²) in [5.74, 6) is 0.0180. The number of rotatable bonds is 5. The van der Waals surface area contributed by atoms with Gasteiger partial charge >= 0.3 is 0 Å². The SMILES string of the molecule is O=S(=O)(NCc1cnc(C2CCCCO2)nc1)c1cccc(F)c1. The van der Waals surface area contributed by atoms with E-state index in [2.05, 4.69) is 14.7 Å². The van der Waals surface area contributed by atoms with Crippen LogP contribution >= 0.6 is 0 Å². The van der Waals surface area contributed by atoms with E-state index in [4.69, 9.17) is 4.74 Å². The van der Waals surface area contributed by atoms with Crippen molar-refractivity contribution in [2.45, 2.75) is 36.8 Å². The number of nitrogens with zero attached hydrogens (tertiary/aromatic N) is 2. The van der Waals surface area contributed by atoms with Gasteiger partial charge in [-0.05, 0) is 37.5 Å². The molecule has 2 heterocycles. The maximum atomic E-state index is 13.2. The minimum atomic E-state index is -3.78. The molecule has 1 aromatic heterocycles. The van der Waals surface area contributed by atoms with Crippen molar-refractivity contribution >= 4 is 10.0 Å². The molecular formula is C16H18FN3O3S. The molecule has 6 nitrogen and oxygen atoms in total. The van der Waals surface area contributed by atoms with E-state index >= 15 is 0 Å². The molecule has 1 saturated heterocycles. The molecular weight excluding hydrogens is 333 g/mol. The Hall–Kier alpha value is -1.90. The smallest absolute Gasteiger partial charge is 0.240 e. The van der Waals surface area contributed by atoms with Gasteiger partial charge in [-0.15, -0.1) is 0 Å². The second-order valence-corrected chi connectivity index (χ2v) is 7.35. The second kappa shape index (κ2) is 7.33. The van der Waals surface area contributed by atoms with Gasteiger partial charge < -0.3 is 4.74 Å². The molecule has 0 aliphatic carbocycles. The van der Waals surface area contributed by atoms with Gasteiger partial charge in [-0.3, -0.25) is 0 Å². The molecule has 0 radical (unpaired) electrons. The highest BCUT2D eigenvalue weighted by Crippen LogP contribution is 2.24. The summed E-state index contributed by atoms with van der Waals surface area (Å²) in [5, 5.41) is 0. The van der Waals surface area contributed by atoms with Crippen LogP contribution in [0.15, 0.2) is 41.6 Å². The predicted molar refractivity (Wildman–Crippen MR) is 85.0 cm³/mol. The fourth-order valence-corrected chi connectivity index (χ4v) is 3.51. The predicted octanol–water partition coefficient (Wildman–Crippen LogP) is 2.34. The van der Waals surface area contributed by atoms with E-state index < -0.39 is 15.8 Å². The van der Waals surface area contributed by atoms with E-state index in [0.717, 1.165) is 25.3 Å². The lowest BCUT2D eigenvalue weighted by molar-refractivity contribution is 0.00940. The first-order chi connectivity index (χ1) is 11.5. The van der Waals surface area contributed by atoms with Crippen LogP contribution in [0.25, 0.3) is 0 Å². The zero-order chi connectivity index (χ0) is 17.0. The van der Waals surface area contributed by atoms with Gasteiger partial charge in [0.15, 0.2) is 5.82 Å². The van der Waals surface area contributed by atoms with E-state index in [1.807, 2.05) is 0 Å². The number of aromatic nitrogens is 2. The minimum absolute atomic E-state index is 0.0324. The molecule has 1 aromatic carbocycles. The molecule has 1 atom stereocenters. The van der Waals surface area contributed by atoms with Crippen molar-refractivity contribution in [3.63, 3.8) is 0 Å². The van der Waals surface area contributed by atoms with E-state index in [1.165, 1.54) is 18.2 Å².